The third-order valence-corrected chi connectivity index (χ3v) is 12.5. The van der Waals surface area contributed by atoms with E-state index in [1.807, 2.05) is 0 Å². The van der Waals surface area contributed by atoms with Crippen molar-refractivity contribution in [3.8, 4) is 0 Å². The number of hydrogen-bond donors (Lipinski definition) is 1. The van der Waals surface area contributed by atoms with Crippen molar-refractivity contribution in [3.63, 3.8) is 0 Å². The Morgan fingerprint density at radius 3 is 2.49 bits per heavy atom. The molecule has 0 aromatic carbocycles. The van der Waals surface area contributed by atoms with Gasteiger partial charge in [0.15, 0.2) is 5.78 Å². The molecule has 1 aromatic heterocycles. The van der Waals surface area contributed by atoms with Gasteiger partial charge in [0.05, 0.1) is 17.5 Å². The number of aliphatic imine (C=N–C) groups is 1. The molecule has 0 amide bonds. The molecule has 1 N–H and O–H groups in total. The van der Waals surface area contributed by atoms with Crippen LogP contribution in [0.2, 0.25) is 0 Å². The number of hydrogen-bond acceptors (Lipinski definition) is 4. The van der Waals surface area contributed by atoms with Crippen molar-refractivity contribution in [2.24, 2.45) is 28.2 Å². The zero-order chi connectivity index (χ0) is 32.1. The van der Waals surface area contributed by atoms with Gasteiger partial charge in [-0.15, -0.1) is 0 Å². The molecule has 5 atom stereocenters. The van der Waals surface area contributed by atoms with E-state index in [-0.39, 0.29) is 29.2 Å². The van der Waals surface area contributed by atoms with E-state index in [0.717, 1.165) is 59.9 Å². The van der Waals surface area contributed by atoms with Crippen LogP contribution in [0.1, 0.15) is 98.6 Å². The first kappa shape index (κ1) is 30.2. The summed E-state index contributed by atoms with van der Waals surface area (Å²) in [7, 11) is 0. The lowest BCUT2D eigenvalue weighted by atomic mass is 9.64. The van der Waals surface area contributed by atoms with Crippen LogP contribution < -0.4 is 10.7 Å². The summed E-state index contributed by atoms with van der Waals surface area (Å²) in [5.74, 6) is 1.14. The van der Waals surface area contributed by atoms with E-state index in [2.05, 4.69) is 90.4 Å². The van der Waals surface area contributed by atoms with Crippen molar-refractivity contribution in [3.05, 3.63) is 78.3 Å². The third-order valence-electron chi connectivity index (χ3n) is 12.5. The number of carbonyl (C=O) groups is 2. The lowest BCUT2D eigenvalue weighted by molar-refractivity contribution is -0.114. The fourth-order valence-electron chi connectivity index (χ4n) is 10.3. The highest BCUT2D eigenvalue weighted by atomic mass is 16.1. The summed E-state index contributed by atoms with van der Waals surface area (Å²) in [4.78, 5) is 37.5. The minimum absolute atomic E-state index is 0.0545. The first-order chi connectivity index (χ1) is 21.5. The highest BCUT2D eigenvalue weighted by Crippen LogP contribution is 2.60. The second-order valence-electron chi connectivity index (χ2n) is 14.9. The van der Waals surface area contributed by atoms with Gasteiger partial charge in [-0.05, 0) is 127 Å². The number of rotatable bonds is 6. The Morgan fingerprint density at radius 1 is 1.07 bits per heavy atom. The van der Waals surface area contributed by atoms with Crippen LogP contribution in [0, 0.1) is 30.1 Å². The van der Waals surface area contributed by atoms with Crippen molar-refractivity contribution < 1.29 is 9.59 Å². The molecule has 4 aliphatic heterocycles. The zero-order valence-corrected chi connectivity index (χ0v) is 28.6. The predicted molar refractivity (Wildman–Crippen MR) is 183 cm³/mol. The Balaban J connectivity index is 1.63. The third kappa shape index (κ3) is 4.01. The van der Waals surface area contributed by atoms with Crippen LogP contribution in [0.4, 0.5) is 0 Å². The van der Waals surface area contributed by atoms with Gasteiger partial charge in [0.25, 0.3) is 0 Å². The van der Waals surface area contributed by atoms with Crippen molar-refractivity contribution >= 4 is 29.9 Å². The number of aromatic amines is 1. The normalized spacial score (nSPS) is 30.3. The minimum Gasteiger partial charge on any atom is -0.364 e. The number of Topliss-reactive ketones (excluding diaryl/α,β-unsaturated/α-hetero) is 1. The van der Waals surface area contributed by atoms with Gasteiger partial charge >= 0.3 is 0 Å². The molecular weight excluding hydrogens is 554 g/mol. The summed E-state index contributed by atoms with van der Waals surface area (Å²) in [6, 6.07) is 0.307. The van der Waals surface area contributed by atoms with Crippen LogP contribution in [0.25, 0.3) is 12.2 Å². The molecule has 1 fully saturated rings. The summed E-state index contributed by atoms with van der Waals surface area (Å²) in [5, 5.41) is 2.28. The molecular formula is C40H49N3O2. The Kier molecular flexibility index (Phi) is 7.07. The number of aromatic nitrogens is 1. The van der Waals surface area contributed by atoms with Crippen molar-refractivity contribution in [2.45, 2.75) is 113 Å². The molecule has 0 radical (unpaired) electrons. The van der Waals surface area contributed by atoms with Gasteiger partial charge in [-0.25, -0.2) is 4.99 Å². The Labute approximate surface area is 268 Å². The van der Waals surface area contributed by atoms with Crippen LogP contribution in [0.15, 0.2) is 61.5 Å². The molecule has 5 heteroatoms. The maximum Gasteiger partial charge on any atom is 0.169 e. The van der Waals surface area contributed by atoms with Gasteiger partial charge in [-0.1, -0.05) is 41.5 Å². The SMILES string of the molecule is CCC1=C2C=c3[nH]c(c(CC)c3C)=CC3=NC4=C(CC(=O)C4=C3C)C3C(CCC=O)CC4=CC(=C1C)C2(C)C(C)C(C(C)C)N43. The largest absolute Gasteiger partial charge is 0.364 e. The first-order valence-electron chi connectivity index (χ1n) is 17.3. The fraction of sp³-hybridized carbons (Fsp3) is 0.525. The van der Waals surface area contributed by atoms with E-state index in [9.17, 15) is 9.59 Å². The molecule has 6 bridgehead atoms. The minimum atomic E-state index is -0.165. The van der Waals surface area contributed by atoms with Crippen molar-refractivity contribution in [1.29, 1.82) is 0 Å². The standard InChI is InChI=1S/C40H49N3O2/c1-10-27-21(5)30-16-26-15-25(13-12-14-44)39-29-17-35(45)36-23(7)33(42-37(29)36)19-34-28(11-2)22(6)32(41-34)18-31(27)40(30,9)24(8)38(20(3)4)43(26)39/h14,16,18-20,24-25,38-39,41H,10-13,15,17H2,1-9H3. The summed E-state index contributed by atoms with van der Waals surface area (Å²) in [6.07, 6.45) is 12.9. The molecule has 6 aliphatic rings. The van der Waals surface area contributed by atoms with E-state index in [1.54, 1.807) is 0 Å². The van der Waals surface area contributed by atoms with Gasteiger partial charge in [0, 0.05) is 46.3 Å². The topological polar surface area (TPSA) is 65.5 Å². The number of carbonyl (C=O) groups excluding carboxylic acids is 2. The maximum atomic E-state index is 13.9. The maximum absolute atomic E-state index is 13.9. The zero-order valence-electron chi connectivity index (χ0n) is 28.6. The molecule has 5 nitrogen and oxygen atoms in total. The average Bonchev–Trinajstić information content (AvgIpc) is 3.72. The lowest BCUT2D eigenvalue weighted by Gasteiger charge is -2.47. The first-order valence-corrected chi connectivity index (χ1v) is 17.3. The van der Waals surface area contributed by atoms with Crippen LogP contribution in [0.5, 0.6) is 0 Å². The Morgan fingerprint density at radius 2 is 1.82 bits per heavy atom. The summed E-state index contributed by atoms with van der Waals surface area (Å²) >= 11 is 0. The molecule has 0 spiro atoms. The molecule has 236 valence electrons. The molecule has 5 heterocycles. The average molecular weight is 604 g/mol. The number of aldehydes is 1. The number of allylic oxidation sites excluding steroid dienone is 8. The summed E-state index contributed by atoms with van der Waals surface area (Å²) in [6.45, 7) is 20.9. The van der Waals surface area contributed by atoms with Crippen molar-refractivity contribution in [2.75, 3.05) is 0 Å². The molecule has 2 aliphatic carbocycles. The van der Waals surface area contributed by atoms with Gasteiger partial charge in [0.2, 0.25) is 0 Å². The highest BCUT2D eigenvalue weighted by molar-refractivity contribution is 6.28. The van der Waals surface area contributed by atoms with Crippen LogP contribution in [0.3, 0.4) is 0 Å². The smallest absolute Gasteiger partial charge is 0.169 e. The lowest BCUT2D eigenvalue weighted by Crippen LogP contribution is -2.50. The van der Waals surface area contributed by atoms with Gasteiger partial charge in [0.1, 0.15) is 6.29 Å². The molecule has 45 heavy (non-hydrogen) atoms. The van der Waals surface area contributed by atoms with Gasteiger partial charge in [-0.2, -0.15) is 0 Å². The van der Waals surface area contributed by atoms with E-state index in [1.165, 1.54) is 50.0 Å². The molecule has 1 aromatic rings. The number of fused-ring (bicyclic) bond motifs is 4. The van der Waals surface area contributed by atoms with Crippen LogP contribution >= 0.6 is 0 Å². The van der Waals surface area contributed by atoms with E-state index in [0.29, 0.717) is 24.7 Å². The monoisotopic (exact) mass is 603 g/mol. The summed E-state index contributed by atoms with van der Waals surface area (Å²) < 4.78 is 0. The highest BCUT2D eigenvalue weighted by Gasteiger charge is 2.55. The molecule has 5 unspecified atom stereocenters. The van der Waals surface area contributed by atoms with E-state index < -0.39 is 0 Å². The fourth-order valence-corrected chi connectivity index (χ4v) is 10.3. The predicted octanol–water partition coefficient (Wildman–Crippen LogP) is 6.73. The number of nitrogens with zero attached hydrogens (tertiary/aromatic N) is 2. The van der Waals surface area contributed by atoms with Gasteiger partial charge < -0.3 is 14.7 Å². The molecule has 0 saturated carbocycles. The Bertz CT molecular complexity index is 1870. The van der Waals surface area contributed by atoms with E-state index in [4.69, 9.17) is 4.99 Å². The molecule has 7 rings (SSSR count). The van der Waals surface area contributed by atoms with Crippen LogP contribution in [-0.4, -0.2) is 39.7 Å². The second-order valence-corrected chi connectivity index (χ2v) is 14.9. The van der Waals surface area contributed by atoms with Crippen LogP contribution in [-0.2, 0) is 16.0 Å². The number of ketones is 1. The number of nitrogens with one attached hydrogen (secondary N) is 1. The summed E-state index contributed by atoms with van der Waals surface area (Å²) in [5.41, 5.74) is 14.4. The Hall–Kier alpha value is -3.47. The quantitative estimate of drug-likeness (QED) is 0.367. The number of H-pyrrole nitrogens is 1. The van der Waals surface area contributed by atoms with Gasteiger partial charge in [-0.3, -0.25) is 4.79 Å². The molecule has 1 saturated heterocycles. The second kappa shape index (κ2) is 10.5. The van der Waals surface area contributed by atoms with E-state index >= 15 is 0 Å². The van der Waals surface area contributed by atoms with Crippen molar-refractivity contribution in [1.82, 2.24) is 9.88 Å².